The Hall–Kier alpha value is -1.88. The molecule has 1 fully saturated rings. The molecule has 6 heteroatoms. The van der Waals surface area contributed by atoms with Gasteiger partial charge in [0.25, 0.3) is 0 Å². The number of carbonyl (C=O) groups excluding carboxylic acids is 1. The summed E-state index contributed by atoms with van der Waals surface area (Å²) < 4.78 is 1.58. The highest BCUT2D eigenvalue weighted by atomic mass is 35.5. The van der Waals surface area contributed by atoms with Gasteiger partial charge in [0.15, 0.2) is 5.82 Å². The second-order valence-electron chi connectivity index (χ2n) is 4.63. The monoisotopic (exact) mass is 276 g/mol. The Morgan fingerprint density at radius 1 is 1.37 bits per heavy atom. The molecule has 2 aromatic heterocycles. The molecule has 19 heavy (non-hydrogen) atoms. The van der Waals surface area contributed by atoms with Crippen molar-refractivity contribution in [1.82, 2.24) is 14.8 Å². The van der Waals surface area contributed by atoms with Gasteiger partial charge in [-0.15, -0.1) is 0 Å². The Morgan fingerprint density at radius 3 is 2.74 bits per heavy atom. The lowest BCUT2D eigenvalue weighted by atomic mass is 9.85. The summed E-state index contributed by atoms with van der Waals surface area (Å²) in [6, 6.07) is 3.61. The SMILES string of the molecule is O=C(Nc1ccc(-n2cc(Cl)cn2)nc1)C1CCC1. The molecule has 0 aliphatic heterocycles. The third-order valence-corrected chi connectivity index (χ3v) is 3.47. The van der Waals surface area contributed by atoms with E-state index in [1.807, 2.05) is 6.07 Å². The summed E-state index contributed by atoms with van der Waals surface area (Å²) in [7, 11) is 0. The Kier molecular flexibility index (Phi) is 3.21. The fraction of sp³-hybridized carbons (Fsp3) is 0.308. The van der Waals surface area contributed by atoms with E-state index in [1.165, 1.54) is 0 Å². The van der Waals surface area contributed by atoms with Gasteiger partial charge < -0.3 is 5.32 Å². The first-order valence-electron chi connectivity index (χ1n) is 6.20. The Labute approximate surface area is 115 Å². The highest BCUT2D eigenvalue weighted by Gasteiger charge is 2.25. The average molecular weight is 277 g/mol. The third-order valence-electron chi connectivity index (χ3n) is 3.28. The van der Waals surface area contributed by atoms with Crippen LogP contribution in [0.1, 0.15) is 19.3 Å². The number of rotatable bonds is 3. The van der Waals surface area contributed by atoms with Crippen LogP contribution in [0.4, 0.5) is 5.69 Å². The first-order chi connectivity index (χ1) is 9.22. The molecule has 0 atom stereocenters. The first-order valence-corrected chi connectivity index (χ1v) is 6.57. The molecule has 1 N–H and O–H groups in total. The van der Waals surface area contributed by atoms with Gasteiger partial charge in [0.05, 0.1) is 29.3 Å². The smallest absolute Gasteiger partial charge is 0.227 e. The van der Waals surface area contributed by atoms with Gasteiger partial charge in [-0.1, -0.05) is 18.0 Å². The maximum absolute atomic E-state index is 11.8. The van der Waals surface area contributed by atoms with Crippen LogP contribution in [0, 0.1) is 5.92 Å². The van der Waals surface area contributed by atoms with Crippen LogP contribution in [0.25, 0.3) is 5.82 Å². The Morgan fingerprint density at radius 2 is 2.21 bits per heavy atom. The number of hydrogen-bond acceptors (Lipinski definition) is 3. The van der Waals surface area contributed by atoms with E-state index in [0.29, 0.717) is 16.5 Å². The lowest BCUT2D eigenvalue weighted by Gasteiger charge is -2.23. The van der Waals surface area contributed by atoms with Crippen molar-refractivity contribution in [3.8, 4) is 5.82 Å². The van der Waals surface area contributed by atoms with Gasteiger partial charge in [-0.3, -0.25) is 4.79 Å². The van der Waals surface area contributed by atoms with Gasteiger partial charge in [0, 0.05) is 5.92 Å². The number of amides is 1. The van der Waals surface area contributed by atoms with Gasteiger partial charge in [-0.05, 0) is 25.0 Å². The summed E-state index contributed by atoms with van der Waals surface area (Å²) in [5.41, 5.74) is 0.707. The zero-order chi connectivity index (χ0) is 13.2. The summed E-state index contributed by atoms with van der Waals surface area (Å²) in [6.45, 7) is 0. The van der Waals surface area contributed by atoms with Crippen LogP contribution in [0.5, 0.6) is 0 Å². The van der Waals surface area contributed by atoms with Crippen molar-refractivity contribution < 1.29 is 4.79 Å². The molecule has 5 nitrogen and oxygen atoms in total. The van der Waals surface area contributed by atoms with Crippen LogP contribution in [0.3, 0.4) is 0 Å². The molecule has 2 aromatic rings. The number of nitrogens with one attached hydrogen (secondary N) is 1. The lowest BCUT2D eigenvalue weighted by molar-refractivity contribution is -0.122. The van der Waals surface area contributed by atoms with Gasteiger partial charge in [-0.25, -0.2) is 9.67 Å². The molecule has 0 unspecified atom stereocenters. The van der Waals surface area contributed by atoms with E-state index in [2.05, 4.69) is 15.4 Å². The number of aromatic nitrogens is 3. The van der Waals surface area contributed by atoms with Crippen LogP contribution in [0.2, 0.25) is 5.02 Å². The van der Waals surface area contributed by atoms with Crippen LogP contribution >= 0.6 is 11.6 Å². The standard InChI is InChI=1S/C13H13ClN4O/c14-10-6-16-18(8-10)12-5-4-11(7-15-12)17-13(19)9-2-1-3-9/h4-9H,1-3H2,(H,17,19). The number of nitrogens with zero attached hydrogens (tertiary/aromatic N) is 3. The molecular formula is C13H13ClN4O. The highest BCUT2D eigenvalue weighted by molar-refractivity contribution is 6.30. The molecular weight excluding hydrogens is 264 g/mol. The predicted octanol–water partition coefficient (Wildman–Crippen LogP) is 2.66. The molecule has 1 amide bonds. The third kappa shape index (κ3) is 2.61. The lowest BCUT2D eigenvalue weighted by Crippen LogP contribution is -2.28. The maximum Gasteiger partial charge on any atom is 0.227 e. The quantitative estimate of drug-likeness (QED) is 0.937. The number of halogens is 1. The fourth-order valence-electron chi connectivity index (χ4n) is 1.94. The average Bonchev–Trinajstić information content (AvgIpc) is 2.74. The van der Waals surface area contributed by atoms with Crippen molar-refractivity contribution in [3.63, 3.8) is 0 Å². The minimum atomic E-state index is 0.0860. The van der Waals surface area contributed by atoms with Crippen molar-refractivity contribution >= 4 is 23.2 Å². The van der Waals surface area contributed by atoms with Crippen LogP contribution in [-0.2, 0) is 4.79 Å². The van der Waals surface area contributed by atoms with E-state index >= 15 is 0 Å². The number of hydrogen-bond donors (Lipinski definition) is 1. The minimum absolute atomic E-state index is 0.0860. The van der Waals surface area contributed by atoms with Crippen LogP contribution in [-0.4, -0.2) is 20.7 Å². The number of anilines is 1. The summed E-state index contributed by atoms with van der Waals surface area (Å²) in [4.78, 5) is 16.0. The molecule has 1 saturated carbocycles. The molecule has 1 aliphatic rings. The molecule has 2 heterocycles. The second-order valence-corrected chi connectivity index (χ2v) is 5.06. The van der Waals surface area contributed by atoms with Crippen LogP contribution < -0.4 is 5.32 Å². The summed E-state index contributed by atoms with van der Waals surface area (Å²) >= 11 is 5.80. The predicted molar refractivity (Wildman–Crippen MR) is 72.3 cm³/mol. The van der Waals surface area contributed by atoms with E-state index in [9.17, 15) is 4.79 Å². The maximum atomic E-state index is 11.8. The van der Waals surface area contributed by atoms with Crippen LogP contribution in [0.15, 0.2) is 30.7 Å². The van der Waals surface area contributed by atoms with Gasteiger partial charge in [0.1, 0.15) is 0 Å². The summed E-state index contributed by atoms with van der Waals surface area (Å²) in [6.07, 6.45) is 7.98. The molecule has 1 aliphatic carbocycles. The molecule has 0 bridgehead atoms. The number of pyridine rings is 1. The summed E-state index contributed by atoms with van der Waals surface area (Å²) in [5, 5.41) is 7.49. The molecule has 0 radical (unpaired) electrons. The van der Waals surface area contributed by atoms with Crippen molar-refractivity contribution in [3.05, 3.63) is 35.7 Å². The normalized spacial score (nSPS) is 15.0. The largest absolute Gasteiger partial charge is 0.324 e. The zero-order valence-corrected chi connectivity index (χ0v) is 11.0. The van der Waals surface area contributed by atoms with Crippen molar-refractivity contribution in [2.75, 3.05) is 5.32 Å². The van der Waals surface area contributed by atoms with E-state index in [4.69, 9.17) is 11.6 Å². The van der Waals surface area contributed by atoms with Gasteiger partial charge >= 0.3 is 0 Å². The van der Waals surface area contributed by atoms with E-state index < -0.39 is 0 Å². The Bertz CT molecular complexity index is 589. The zero-order valence-electron chi connectivity index (χ0n) is 10.2. The van der Waals surface area contributed by atoms with E-state index in [1.54, 1.807) is 29.3 Å². The molecule has 0 aromatic carbocycles. The molecule has 0 spiro atoms. The van der Waals surface area contributed by atoms with Crippen molar-refractivity contribution in [2.45, 2.75) is 19.3 Å². The van der Waals surface area contributed by atoms with Crippen molar-refractivity contribution in [1.29, 1.82) is 0 Å². The molecule has 98 valence electrons. The molecule has 3 rings (SSSR count). The first kappa shape index (κ1) is 12.2. The fourth-order valence-corrected chi connectivity index (χ4v) is 2.07. The molecule has 0 saturated heterocycles. The second kappa shape index (κ2) is 5.01. The van der Waals surface area contributed by atoms with E-state index in [-0.39, 0.29) is 11.8 Å². The topological polar surface area (TPSA) is 59.8 Å². The van der Waals surface area contributed by atoms with Crippen molar-refractivity contribution in [2.24, 2.45) is 5.92 Å². The van der Waals surface area contributed by atoms with Gasteiger partial charge in [0.2, 0.25) is 5.91 Å². The van der Waals surface area contributed by atoms with E-state index in [0.717, 1.165) is 19.3 Å². The highest BCUT2D eigenvalue weighted by Crippen LogP contribution is 2.27. The minimum Gasteiger partial charge on any atom is -0.324 e. The van der Waals surface area contributed by atoms with Gasteiger partial charge in [-0.2, -0.15) is 5.10 Å². The summed E-state index contributed by atoms with van der Waals surface area (Å²) in [5.74, 6) is 0.918. The Balaban J connectivity index is 1.70. The number of carbonyl (C=O) groups is 1.